The van der Waals surface area contributed by atoms with Gasteiger partial charge in [-0.2, -0.15) is 0 Å². The standard InChI is InChI=1S/C24H30N4O3/c1-18(21(29)25-16-19-10-4-2-5-11-19)27-22(30)24(14-8-9-15-24)28-23(31)26-17-20-12-6-3-7-13-20/h2-7,10-13,18H,8-9,14-17H2,1H3,(H,25,29)(H,27,30)(H2,26,28,31). The van der Waals surface area contributed by atoms with Crippen LogP contribution in [0.3, 0.4) is 0 Å². The Balaban J connectivity index is 1.52. The number of urea groups is 1. The molecule has 2 aromatic rings. The molecule has 0 radical (unpaired) electrons. The van der Waals surface area contributed by atoms with E-state index in [1.165, 1.54) is 0 Å². The Morgan fingerprint density at radius 2 is 1.35 bits per heavy atom. The van der Waals surface area contributed by atoms with Gasteiger partial charge in [0.2, 0.25) is 11.8 Å². The molecule has 7 heteroatoms. The molecule has 0 aliphatic heterocycles. The van der Waals surface area contributed by atoms with Gasteiger partial charge in [-0.3, -0.25) is 9.59 Å². The summed E-state index contributed by atoms with van der Waals surface area (Å²) in [5.41, 5.74) is 0.971. The summed E-state index contributed by atoms with van der Waals surface area (Å²) in [6.07, 6.45) is 2.80. The van der Waals surface area contributed by atoms with Gasteiger partial charge < -0.3 is 21.3 Å². The molecule has 4 N–H and O–H groups in total. The van der Waals surface area contributed by atoms with Crippen LogP contribution in [-0.4, -0.2) is 29.4 Å². The Morgan fingerprint density at radius 1 is 0.839 bits per heavy atom. The second-order valence-electron chi connectivity index (χ2n) is 7.98. The molecule has 2 aromatic carbocycles. The van der Waals surface area contributed by atoms with E-state index in [-0.39, 0.29) is 17.8 Å². The normalized spacial score (nSPS) is 15.5. The van der Waals surface area contributed by atoms with Crippen LogP contribution in [-0.2, 0) is 22.7 Å². The molecule has 1 aliphatic carbocycles. The Labute approximate surface area is 183 Å². The SMILES string of the molecule is CC(NC(=O)C1(NC(=O)NCc2ccccc2)CCCC1)C(=O)NCc1ccccc1. The maximum atomic E-state index is 13.0. The number of amides is 4. The van der Waals surface area contributed by atoms with Gasteiger partial charge in [-0.05, 0) is 30.9 Å². The molecule has 0 saturated heterocycles. The number of carbonyl (C=O) groups is 3. The van der Waals surface area contributed by atoms with Gasteiger partial charge in [0.15, 0.2) is 0 Å². The molecule has 0 heterocycles. The van der Waals surface area contributed by atoms with Gasteiger partial charge in [-0.1, -0.05) is 73.5 Å². The highest BCUT2D eigenvalue weighted by molar-refractivity contribution is 5.94. The topological polar surface area (TPSA) is 99.3 Å². The fraction of sp³-hybridized carbons (Fsp3) is 0.375. The molecule has 1 unspecified atom stereocenters. The van der Waals surface area contributed by atoms with Crippen LogP contribution in [0.4, 0.5) is 4.79 Å². The highest BCUT2D eigenvalue weighted by atomic mass is 16.2. The van der Waals surface area contributed by atoms with Crippen molar-refractivity contribution in [2.45, 2.75) is 57.3 Å². The predicted octanol–water partition coefficient (Wildman–Crippen LogP) is 2.62. The fourth-order valence-corrected chi connectivity index (χ4v) is 3.77. The molecule has 0 aromatic heterocycles. The second-order valence-corrected chi connectivity index (χ2v) is 7.98. The zero-order valence-corrected chi connectivity index (χ0v) is 17.8. The predicted molar refractivity (Wildman–Crippen MR) is 119 cm³/mol. The van der Waals surface area contributed by atoms with E-state index in [1.807, 2.05) is 60.7 Å². The van der Waals surface area contributed by atoms with E-state index >= 15 is 0 Å². The van der Waals surface area contributed by atoms with Gasteiger partial charge in [0.05, 0.1) is 0 Å². The highest BCUT2D eigenvalue weighted by Crippen LogP contribution is 2.30. The van der Waals surface area contributed by atoms with Crippen LogP contribution in [0.15, 0.2) is 60.7 Å². The molecule has 3 rings (SSSR count). The maximum absolute atomic E-state index is 13.0. The summed E-state index contributed by atoms with van der Waals surface area (Å²) in [5, 5.41) is 11.3. The van der Waals surface area contributed by atoms with Crippen LogP contribution < -0.4 is 21.3 Å². The van der Waals surface area contributed by atoms with Crippen LogP contribution in [0, 0.1) is 0 Å². The Kier molecular flexibility index (Phi) is 7.65. The van der Waals surface area contributed by atoms with Crippen molar-refractivity contribution in [2.24, 2.45) is 0 Å². The lowest BCUT2D eigenvalue weighted by Crippen LogP contribution is -2.61. The first kappa shape index (κ1) is 22.3. The third kappa shape index (κ3) is 6.31. The van der Waals surface area contributed by atoms with Crippen molar-refractivity contribution >= 4 is 17.8 Å². The van der Waals surface area contributed by atoms with E-state index in [4.69, 9.17) is 0 Å². The lowest BCUT2D eigenvalue weighted by atomic mass is 9.96. The summed E-state index contributed by atoms with van der Waals surface area (Å²) < 4.78 is 0. The van der Waals surface area contributed by atoms with E-state index in [0.29, 0.717) is 25.9 Å². The number of benzene rings is 2. The summed E-state index contributed by atoms with van der Waals surface area (Å²) in [5.74, 6) is -0.582. The van der Waals surface area contributed by atoms with Crippen molar-refractivity contribution in [3.05, 3.63) is 71.8 Å². The quantitative estimate of drug-likeness (QED) is 0.526. The largest absolute Gasteiger partial charge is 0.350 e. The lowest BCUT2D eigenvalue weighted by molar-refractivity contribution is -0.132. The first-order valence-corrected chi connectivity index (χ1v) is 10.7. The summed E-state index contributed by atoms with van der Waals surface area (Å²) in [6.45, 7) is 2.42. The van der Waals surface area contributed by atoms with E-state index in [9.17, 15) is 14.4 Å². The molecule has 0 bridgehead atoms. The molecule has 1 fully saturated rings. The number of carbonyl (C=O) groups excluding carboxylic acids is 3. The van der Waals surface area contributed by atoms with Gasteiger partial charge in [0.1, 0.15) is 11.6 Å². The lowest BCUT2D eigenvalue weighted by Gasteiger charge is -2.30. The minimum absolute atomic E-state index is 0.265. The Morgan fingerprint density at radius 3 is 1.90 bits per heavy atom. The van der Waals surface area contributed by atoms with E-state index in [1.54, 1.807) is 6.92 Å². The number of hydrogen-bond donors (Lipinski definition) is 4. The van der Waals surface area contributed by atoms with Crippen LogP contribution in [0.2, 0.25) is 0 Å². The molecule has 7 nitrogen and oxygen atoms in total. The highest BCUT2D eigenvalue weighted by Gasteiger charge is 2.43. The molecule has 1 aliphatic rings. The van der Waals surface area contributed by atoms with Gasteiger partial charge in [-0.15, -0.1) is 0 Å². The third-order valence-corrected chi connectivity index (χ3v) is 5.59. The van der Waals surface area contributed by atoms with Crippen molar-refractivity contribution in [3.63, 3.8) is 0 Å². The summed E-state index contributed by atoms with van der Waals surface area (Å²) in [6, 6.07) is 18.1. The average molecular weight is 423 g/mol. The zero-order chi connectivity index (χ0) is 22.1. The zero-order valence-electron chi connectivity index (χ0n) is 17.8. The van der Waals surface area contributed by atoms with Gasteiger partial charge in [0.25, 0.3) is 0 Å². The van der Waals surface area contributed by atoms with Crippen LogP contribution in [0.1, 0.15) is 43.7 Å². The summed E-state index contributed by atoms with van der Waals surface area (Å²) >= 11 is 0. The first-order chi connectivity index (χ1) is 15.0. The minimum atomic E-state index is -0.991. The monoisotopic (exact) mass is 422 g/mol. The van der Waals surface area contributed by atoms with Crippen molar-refractivity contribution in [1.29, 1.82) is 0 Å². The molecular formula is C24H30N4O3. The van der Waals surface area contributed by atoms with Crippen LogP contribution in [0.5, 0.6) is 0 Å². The smallest absolute Gasteiger partial charge is 0.315 e. The minimum Gasteiger partial charge on any atom is -0.350 e. The molecule has 1 saturated carbocycles. The molecule has 4 amide bonds. The molecule has 0 spiro atoms. The molecule has 31 heavy (non-hydrogen) atoms. The fourth-order valence-electron chi connectivity index (χ4n) is 3.77. The van der Waals surface area contributed by atoms with Crippen LogP contribution in [0.25, 0.3) is 0 Å². The number of nitrogens with one attached hydrogen (secondary N) is 4. The first-order valence-electron chi connectivity index (χ1n) is 10.7. The Hall–Kier alpha value is -3.35. The number of hydrogen-bond acceptors (Lipinski definition) is 3. The summed E-state index contributed by atoms with van der Waals surface area (Å²) in [4.78, 5) is 37.9. The van der Waals surface area contributed by atoms with E-state index in [2.05, 4.69) is 21.3 Å². The van der Waals surface area contributed by atoms with E-state index < -0.39 is 11.6 Å². The van der Waals surface area contributed by atoms with E-state index in [0.717, 1.165) is 24.0 Å². The second kappa shape index (κ2) is 10.6. The molecule has 1 atom stereocenters. The number of rotatable bonds is 8. The average Bonchev–Trinajstić information content (AvgIpc) is 3.27. The van der Waals surface area contributed by atoms with Crippen molar-refractivity contribution < 1.29 is 14.4 Å². The maximum Gasteiger partial charge on any atom is 0.315 e. The third-order valence-electron chi connectivity index (χ3n) is 5.59. The van der Waals surface area contributed by atoms with Gasteiger partial charge >= 0.3 is 6.03 Å². The van der Waals surface area contributed by atoms with Crippen LogP contribution >= 0.6 is 0 Å². The Bertz CT molecular complexity index is 880. The van der Waals surface area contributed by atoms with Crippen molar-refractivity contribution in [1.82, 2.24) is 21.3 Å². The van der Waals surface area contributed by atoms with Crippen molar-refractivity contribution in [3.8, 4) is 0 Å². The molecular weight excluding hydrogens is 392 g/mol. The van der Waals surface area contributed by atoms with Gasteiger partial charge in [-0.25, -0.2) is 4.79 Å². The molecule has 164 valence electrons. The van der Waals surface area contributed by atoms with Crippen molar-refractivity contribution in [2.75, 3.05) is 0 Å². The van der Waals surface area contributed by atoms with Gasteiger partial charge in [0, 0.05) is 13.1 Å². The summed E-state index contributed by atoms with van der Waals surface area (Å²) in [7, 11) is 0.